The van der Waals surface area contributed by atoms with Gasteiger partial charge in [0, 0.05) is 23.7 Å². The highest BCUT2D eigenvalue weighted by atomic mass is 32.2. The Hall–Kier alpha value is -1.22. The average Bonchev–Trinajstić information content (AvgIpc) is 2.95. The average molecular weight is 287 g/mol. The molecule has 0 aromatic carbocycles. The molecule has 0 radical (unpaired) electrons. The van der Waals surface area contributed by atoms with E-state index in [1.807, 2.05) is 0 Å². The first-order chi connectivity index (χ1) is 8.53. The fourth-order valence-corrected chi connectivity index (χ4v) is 3.30. The van der Waals surface area contributed by atoms with Gasteiger partial charge in [0.2, 0.25) is 10.0 Å². The van der Waals surface area contributed by atoms with Gasteiger partial charge in [-0.05, 0) is 6.92 Å². The number of aryl methyl sites for hydroxylation is 1. The van der Waals surface area contributed by atoms with E-state index in [9.17, 15) is 8.42 Å². The molecule has 2 rings (SSSR count). The second-order valence-electron chi connectivity index (χ2n) is 3.63. The Morgan fingerprint density at radius 1 is 1.56 bits per heavy atom. The first-order valence-corrected chi connectivity index (χ1v) is 7.55. The Balaban J connectivity index is 2.17. The molecule has 0 saturated heterocycles. The highest BCUT2D eigenvalue weighted by molar-refractivity contribution is 7.89. The minimum Gasteiger partial charge on any atom is -0.464 e. The van der Waals surface area contributed by atoms with Gasteiger partial charge in [0.1, 0.15) is 16.4 Å². The molecule has 3 N–H and O–H groups in total. The van der Waals surface area contributed by atoms with Crippen molar-refractivity contribution < 1.29 is 12.8 Å². The van der Waals surface area contributed by atoms with Crippen LogP contribution >= 0.6 is 11.3 Å². The van der Waals surface area contributed by atoms with E-state index in [0.717, 1.165) is 4.88 Å². The van der Waals surface area contributed by atoms with Gasteiger partial charge in [-0.25, -0.2) is 13.1 Å². The summed E-state index contributed by atoms with van der Waals surface area (Å²) < 4.78 is 31.8. The van der Waals surface area contributed by atoms with Crippen molar-refractivity contribution in [3.05, 3.63) is 34.2 Å². The molecule has 0 amide bonds. The van der Waals surface area contributed by atoms with E-state index in [0.29, 0.717) is 11.5 Å². The molecule has 0 saturated carbocycles. The molecule has 2 aromatic rings. The fraction of sp³-hybridized carbons (Fsp3) is 0.300. The molecule has 0 fully saturated rings. The van der Waals surface area contributed by atoms with E-state index in [1.54, 1.807) is 18.6 Å². The van der Waals surface area contributed by atoms with Crippen LogP contribution in [-0.4, -0.2) is 13.4 Å². The summed E-state index contributed by atoms with van der Waals surface area (Å²) in [6.07, 6.45) is 1.63. The summed E-state index contributed by atoms with van der Waals surface area (Å²) >= 11 is 1.39. The predicted molar refractivity (Wildman–Crippen MR) is 67.5 cm³/mol. The van der Waals surface area contributed by atoms with Crippen LogP contribution in [0.1, 0.15) is 16.4 Å². The second kappa shape index (κ2) is 5.19. The summed E-state index contributed by atoms with van der Waals surface area (Å²) in [6.45, 7) is 1.99. The molecule has 0 aliphatic heterocycles. The minimum atomic E-state index is -3.58. The number of thiazole rings is 1. The molecule has 98 valence electrons. The molecule has 6 nitrogen and oxygen atoms in total. The van der Waals surface area contributed by atoms with Crippen LogP contribution in [0.3, 0.4) is 0 Å². The number of nitrogens with one attached hydrogen (secondary N) is 1. The van der Waals surface area contributed by atoms with Gasteiger partial charge in [0.25, 0.3) is 0 Å². The Bertz CT molecular complexity index is 617. The Kier molecular flexibility index (Phi) is 3.81. The van der Waals surface area contributed by atoms with Crippen molar-refractivity contribution in [2.24, 2.45) is 5.73 Å². The van der Waals surface area contributed by atoms with E-state index < -0.39 is 10.0 Å². The molecular weight excluding hydrogens is 274 g/mol. The van der Waals surface area contributed by atoms with Gasteiger partial charge in [-0.3, -0.25) is 4.98 Å². The number of hydrogen-bond donors (Lipinski definition) is 2. The SMILES string of the molecule is Cc1oc(CN)cc1S(=O)(=O)NCc1cncs1. The van der Waals surface area contributed by atoms with E-state index in [-0.39, 0.29) is 18.0 Å². The molecule has 18 heavy (non-hydrogen) atoms. The predicted octanol–water partition coefficient (Wildman–Crippen LogP) is 0.982. The lowest BCUT2D eigenvalue weighted by atomic mass is 10.4. The Morgan fingerprint density at radius 2 is 2.33 bits per heavy atom. The van der Waals surface area contributed by atoms with Gasteiger partial charge in [-0.1, -0.05) is 0 Å². The number of aromatic nitrogens is 1. The van der Waals surface area contributed by atoms with Crippen molar-refractivity contribution in [2.45, 2.75) is 24.9 Å². The van der Waals surface area contributed by atoms with Crippen molar-refractivity contribution in [1.29, 1.82) is 0 Å². The van der Waals surface area contributed by atoms with Gasteiger partial charge in [0.05, 0.1) is 12.1 Å². The van der Waals surface area contributed by atoms with Crippen molar-refractivity contribution in [1.82, 2.24) is 9.71 Å². The van der Waals surface area contributed by atoms with Crippen LogP contribution in [-0.2, 0) is 23.1 Å². The molecule has 0 bridgehead atoms. The number of sulfonamides is 1. The summed E-state index contributed by atoms with van der Waals surface area (Å²) in [5.74, 6) is 0.790. The molecule has 2 aromatic heterocycles. The first-order valence-electron chi connectivity index (χ1n) is 5.19. The summed E-state index contributed by atoms with van der Waals surface area (Å²) in [7, 11) is -3.58. The monoisotopic (exact) mass is 287 g/mol. The van der Waals surface area contributed by atoms with Crippen LogP contribution < -0.4 is 10.5 Å². The lowest BCUT2D eigenvalue weighted by Gasteiger charge is -2.03. The van der Waals surface area contributed by atoms with Crippen molar-refractivity contribution in [3.8, 4) is 0 Å². The Morgan fingerprint density at radius 3 is 2.89 bits per heavy atom. The number of rotatable bonds is 5. The van der Waals surface area contributed by atoms with Gasteiger partial charge < -0.3 is 10.2 Å². The van der Waals surface area contributed by atoms with Gasteiger partial charge in [-0.15, -0.1) is 11.3 Å². The molecule has 8 heteroatoms. The van der Waals surface area contributed by atoms with Crippen LogP contribution in [0.25, 0.3) is 0 Å². The largest absolute Gasteiger partial charge is 0.464 e. The zero-order valence-corrected chi connectivity index (χ0v) is 11.3. The van der Waals surface area contributed by atoms with Crippen LogP contribution in [0.4, 0.5) is 0 Å². The number of furan rings is 1. The standard InChI is InChI=1S/C10H13N3O3S2/c1-7-10(2-8(3-11)16-7)18(14,15)13-5-9-4-12-6-17-9/h2,4,6,13H,3,5,11H2,1H3. The zero-order chi connectivity index (χ0) is 13.2. The number of nitrogens with two attached hydrogens (primary N) is 1. The van der Waals surface area contributed by atoms with Crippen LogP contribution in [0.5, 0.6) is 0 Å². The maximum absolute atomic E-state index is 12.0. The van der Waals surface area contributed by atoms with Gasteiger partial charge >= 0.3 is 0 Å². The van der Waals surface area contributed by atoms with E-state index in [1.165, 1.54) is 17.4 Å². The second-order valence-corrected chi connectivity index (χ2v) is 6.34. The summed E-state index contributed by atoms with van der Waals surface area (Å²) in [6, 6.07) is 1.45. The van der Waals surface area contributed by atoms with Gasteiger partial charge in [0.15, 0.2) is 0 Å². The zero-order valence-electron chi connectivity index (χ0n) is 9.71. The van der Waals surface area contributed by atoms with Crippen molar-refractivity contribution >= 4 is 21.4 Å². The fourth-order valence-electron chi connectivity index (χ4n) is 1.46. The molecule has 0 aliphatic carbocycles. The molecule has 0 spiro atoms. The Labute approximate surface area is 109 Å². The molecular formula is C10H13N3O3S2. The quantitative estimate of drug-likeness (QED) is 0.854. The molecule has 0 atom stereocenters. The molecule has 0 unspecified atom stereocenters. The normalized spacial score (nSPS) is 11.9. The van der Waals surface area contributed by atoms with Gasteiger partial charge in [-0.2, -0.15) is 0 Å². The van der Waals surface area contributed by atoms with Crippen LogP contribution in [0, 0.1) is 6.92 Å². The maximum atomic E-state index is 12.0. The van der Waals surface area contributed by atoms with Crippen LogP contribution in [0.2, 0.25) is 0 Å². The van der Waals surface area contributed by atoms with Crippen molar-refractivity contribution in [3.63, 3.8) is 0 Å². The number of nitrogens with zero attached hydrogens (tertiary/aromatic N) is 1. The van der Waals surface area contributed by atoms with Crippen molar-refractivity contribution in [2.75, 3.05) is 0 Å². The lowest BCUT2D eigenvalue weighted by molar-refractivity contribution is 0.478. The number of hydrogen-bond acceptors (Lipinski definition) is 6. The third-order valence-electron chi connectivity index (χ3n) is 2.33. The summed E-state index contributed by atoms with van der Waals surface area (Å²) in [5.41, 5.74) is 7.06. The maximum Gasteiger partial charge on any atom is 0.244 e. The van der Waals surface area contributed by atoms with E-state index in [4.69, 9.17) is 10.2 Å². The highest BCUT2D eigenvalue weighted by Crippen LogP contribution is 2.20. The van der Waals surface area contributed by atoms with Crippen LogP contribution in [0.15, 0.2) is 27.1 Å². The highest BCUT2D eigenvalue weighted by Gasteiger charge is 2.20. The first kappa shape index (κ1) is 13.2. The topological polar surface area (TPSA) is 98.2 Å². The smallest absolute Gasteiger partial charge is 0.244 e. The minimum absolute atomic E-state index is 0.132. The van der Waals surface area contributed by atoms with E-state index >= 15 is 0 Å². The third-order valence-corrected chi connectivity index (χ3v) is 4.62. The van der Waals surface area contributed by atoms with E-state index in [2.05, 4.69) is 9.71 Å². The summed E-state index contributed by atoms with van der Waals surface area (Å²) in [5, 5.41) is 0. The summed E-state index contributed by atoms with van der Waals surface area (Å²) in [4.78, 5) is 4.86. The molecule has 2 heterocycles. The third kappa shape index (κ3) is 2.78. The molecule has 0 aliphatic rings. The lowest BCUT2D eigenvalue weighted by Crippen LogP contribution is -2.23.